The summed E-state index contributed by atoms with van der Waals surface area (Å²) >= 11 is 0. The molecular weight excluding hydrogens is 325 g/mol. The molecule has 1 N–H and O–H groups in total. The average molecular weight is 342 g/mol. The predicted molar refractivity (Wildman–Crippen MR) is 76.1 cm³/mol. The molecule has 0 spiro atoms. The van der Waals surface area contributed by atoms with Crippen molar-refractivity contribution in [3.8, 4) is 0 Å². The van der Waals surface area contributed by atoms with E-state index < -0.39 is 11.8 Å². The number of halogens is 3. The van der Waals surface area contributed by atoms with Gasteiger partial charge in [-0.05, 0) is 18.8 Å². The fourth-order valence-corrected chi connectivity index (χ4v) is 3.53. The number of amides is 1. The number of hydrogen-bond acceptors (Lipinski definition) is 5. The summed E-state index contributed by atoms with van der Waals surface area (Å²) in [6.45, 7) is 2.13. The lowest BCUT2D eigenvalue weighted by molar-refractivity contribution is -0.168. The molecule has 0 atom stereocenters. The first kappa shape index (κ1) is 15.6. The van der Waals surface area contributed by atoms with E-state index in [0.29, 0.717) is 44.6 Å². The lowest BCUT2D eigenvalue weighted by Crippen LogP contribution is -2.41. The second-order valence-corrected chi connectivity index (χ2v) is 6.61. The fourth-order valence-electron chi connectivity index (χ4n) is 3.53. The van der Waals surface area contributed by atoms with Gasteiger partial charge >= 0.3 is 6.18 Å². The Hall–Kier alpha value is -1.90. The molecule has 1 saturated heterocycles. The lowest BCUT2D eigenvalue weighted by atomic mass is 9.88. The summed E-state index contributed by atoms with van der Waals surface area (Å²) < 4.78 is 44.1. The lowest BCUT2D eigenvalue weighted by Gasteiger charge is -2.33. The first-order valence-electron chi connectivity index (χ1n) is 8.00. The highest BCUT2D eigenvalue weighted by atomic mass is 19.4. The van der Waals surface area contributed by atoms with Crippen LogP contribution in [-0.4, -0.2) is 35.7 Å². The van der Waals surface area contributed by atoms with E-state index in [1.807, 2.05) is 0 Å². The Morgan fingerprint density at radius 3 is 2.67 bits per heavy atom. The highest BCUT2D eigenvalue weighted by Crippen LogP contribution is 2.49. The summed E-state index contributed by atoms with van der Waals surface area (Å²) in [5, 5.41) is 9.59. The van der Waals surface area contributed by atoms with Crippen molar-refractivity contribution in [2.75, 3.05) is 13.1 Å². The van der Waals surface area contributed by atoms with E-state index in [2.05, 4.69) is 15.5 Å². The van der Waals surface area contributed by atoms with E-state index in [4.69, 9.17) is 4.42 Å². The molecule has 0 bridgehead atoms. The molecule has 0 saturated carbocycles. The summed E-state index contributed by atoms with van der Waals surface area (Å²) in [5.41, 5.74) is -0.720. The first-order valence-corrected chi connectivity index (χ1v) is 8.00. The largest absolute Gasteiger partial charge is 0.467 e. The highest BCUT2D eigenvalue weighted by molar-refractivity contribution is 5.95. The number of alkyl halides is 3. The highest BCUT2D eigenvalue weighted by Gasteiger charge is 2.64. The number of furan rings is 1. The van der Waals surface area contributed by atoms with Crippen molar-refractivity contribution >= 4 is 5.91 Å². The number of hydrogen-bond donors (Lipinski definition) is 1. The van der Waals surface area contributed by atoms with Crippen LogP contribution >= 0.6 is 0 Å². The summed E-state index contributed by atoms with van der Waals surface area (Å²) in [4.78, 5) is 14.3. The molecule has 6 nitrogen and oxygen atoms in total. The van der Waals surface area contributed by atoms with Gasteiger partial charge in [0.2, 0.25) is 0 Å². The van der Waals surface area contributed by atoms with E-state index in [-0.39, 0.29) is 18.2 Å². The third kappa shape index (κ3) is 2.51. The van der Waals surface area contributed by atoms with Gasteiger partial charge < -0.3 is 14.6 Å². The van der Waals surface area contributed by atoms with Crippen molar-refractivity contribution in [1.29, 1.82) is 0 Å². The first-order chi connectivity index (χ1) is 11.4. The maximum absolute atomic E-state index is 12.9. The molecule has 0 radical (unpaired) electrons. The van der Waals surface area contributed by atoms with E-state index in [1.54, 1.807) is 4.90 Å². The average Bonchev–Trinajstić information content (AvgIpc) is 3.02. The number of carbonyl (C=O) groups is 1. The third-order valence-corrected chi connectivity index (χ3v) is 5.07. The number of nitrogens with zero attached hydrogens (tertiary/aromatic N) is 3. The number of piperidine rings is 1. The number of likely N-dealkylation sites (tertiary alicyclic amines) is 1. The van der Waals surface area contributed by atoms with E-state index in [9.17, 15) is 18.0 Å². The third-order valence-electron chi connectivity index (χ3n) is 5.07. The molecular formula is C15H17F3N4O2. The Bertz CT molecular complexity index is 683. The van der Waals surface area contributed by atoms with Gasteiger partial charge in [-0.2, -0.15) is 13.2 Å². The molecule has 24 heavy (non-hydrogen) atoms. The van der Waals surface area contributed by atoms with Crippen molar-refractivity contribution in [3.05, 3.63) is 23.2 Å². The van der Waals surface area contributed by atoms with Gasteiger partial charge in [0.1, 0.15) is 12.0 Å². The van der Waals surface area contributed by atoms with Crippen LogP contribution in [0.3, 0.4) is 0 Å². The number of rotatable bonds is 3. The van der Waals surface area contributed by atoms with Gasteiger partial charge in [0, 0.05) is 31.6 Å². The summed E-state index contributed by atoms with van der Waals surface area (Å²) in [6, 6.07) is 0. The molecule has 1 aromatic rings. The monoisotopic (exact) mass is 342 g/mol. The molecule has 4 rings (SSSR count). The maximum atomic E-state index is 12.9. The van der Waals surface area contributed by atoms with E-state index in [0.717, 1.165) is 11.3 Å². The van der Waals surface area contributed by atoms with Crippen LogP contribution in [0.25, 0.3) is 0 Å². The van der Waals surface area contributed by atoms with Crippen LogP contribution in [-0.2, 0) is 13.1 Å². The second-order valence-electron chi connectivity index (χ2n) is 6.61. The topological polar surface area (TPSA) is 70.2 Å². The Morgan fingerprint density at radius 1 is 1.33 bits per heavy atom. The zero-order chi connectivity index (χ0) is 16.9. The van der Waals surface area contributed by atoms with Crippen molar-refractivity contribution in [2.45, 2.75) is 44.2 Å². The van der Waals surface area contributed by atoms with E-state index >= 15 is 0 Å². The van der Waals surface area contributed by atoms with Crippen LogP contribution in [0.15, 0.2) is 20.9 Å². The number of fused-ring (bicyclic) bond motifs is 1. The van der Waals surface area contributed by atoms with Gasteiger partial charge in [-0.25, -0.2) is 0 Å². The van der Waals surface area contributed by atoms with Crippen LogP contribution in [0.5, 0.6) is 0 Å². The van der Waals surface area contributed by atoms with Crippen LogP contribution in [0.2, 0.25) is 0 Å². The van der Waals surface area contributed by atoms with Crippen molar-refractivity contribution in [2.24, 2.45) is 16.1 Å². The standard InChI is InChI=1S/C15H17F3N4O2/c16-15(17,18)14(20-21-14)5-9-1-3-22(4-2-9)13(23)11-8-24-12-7-19-6-10(11)12/h8-9,19H,1-7H2. The molecule has 4 heterocycles. The van der Waals surface area contributed by atoms with Crippen LogP contribution in [0, 0.1) is 5.92 Å². The summed E-state index contributed by atoms with van der Waals surface area (Å²) in [7, 11) is 0. The summed E-state index contributed by atoms with van der Waals surface area (Å²) in [5.74, 6) is 0.563. The Balaban J connectivity index is 1.35. The van der Waals surface area contributed by atoms with Gasteiger partial charge in [0.15, 0.2) is 0 Å². The quantitative estimate of drug-likeness (QED) is 0.918. The van der Waals surface area contributed by atoms with Gasteiger partial charge in [-0.1, -0.05) is 0 Å². The minimum absolute atomic E-state index is 0.103. The van der Waals surface area contributed by atoms with Crippen LogP contribution in [0.1, 0.15) is 40.9 Å². The molecule has 0 unspecified atom stereocenters. The normalized spacial score (nSPS) is 22.7. The minimum atomic E-state index is -4.41. The SMILES string of the molecule is O=C(c1coc2c1CNC2)N1CCC(CC2(C(F)(F)F)N=N2)CC1. The zero-order valence-corrected chi connectivity index (χ0v) is 12.9. The smallest absolute Gasteiger partial charge is 0.437 e. The molecule has 0 aliphatic carbocycles. The van der Waals surface area contributed by atoms with Crippen molar-refractivity contribution in [3.63, 3.8) is 0 Å². The maximum Gasteiger partial charge on any atom is 0.437 e. The fraction of sp³-hybridized carbons (Fsp3) is 0.667. The second kappa shape index (κ2) is 5.30. The molecule has 1 fully saturated rings. The van der Waals surface area contributed by atoms with Gasteiger partial charge in [-0.3, -0.25) is 4.79 Å². The molecule has 130 valence electrons. The van der Waals surface area contributed by atoms with Crippen LogP contribution in [0.4, 0.5) is 13.2 Å². The predicted octanol–water partition coefficient (Wildman–Crippen LogP) is 2.85. The number of nitrogens with one attached hydrogen (secondary N) is 1. The number of carbonyl (C=O) groups excluding carboxylic acids is 1. The van der Waals surface area contributed by atoms with Gasteiger partial charge in [-0.15, -0.1) is 10.2 Å². The molecule has 3 aliphatic rings. The van der Waals surface area contributed by atoms with Crippen LogP contribution < -0.4 is 5.32 Å². The summed E-state index contributed by atoms with van der Waals surface area (Å²) in [6.07, 6.45) is -1.96. The molecule has 1 aromatic heterocycles. The molecule has 0 aromatic carbocycles. The zero-order valence-electron chi connectivity index (χ0n) is 12.9. The molecule has 1 amide bonds. The molecule has 9 heteroatoms. The van der Waals surface area contributed by atoms with E-state index in [1.165, 1.54) is 6.26 Å². The minimum Gasteiger partial charge on any atom is -0.467 e. The molecule has 3 aliphatic heterocycles. The van der Waals surface area contributed by atoms with Crippen molar-refractivity contribution in [1.82, 2.24) is 10.2 Å². The van der Waals surface area contributed by atoms with Gasteiger partial charge in [0.25, 0.3) is 11.6 Å². The van der Waals surface area contributed by atoms with Gasteiger partial charge in [0.05, 0.1) is 12.1 Å². The Morgan fingerprint density at radius 2 is 2.04 bits per heavy atom. The Labute approximate surface area is 136 Å². The van der Waals surface area contributed by atoms with Crippen molar-refractivity contribution < 1.29 is 22.4 Å². The Kier molecular flexibility index (Phi) is 3.45.